The van der Waals surface area contributed by atoms with E-state index in [1.165, 1.54) is 6.42 Å². The Morgan fingerprint density at radius 2 is 1.82 bits per heavy atom. The van der Waals surface area contributed by atoms with Crippen molar-refractivity contribution in [2.75, 3.05) is 0 Å². The van der Waals surface area contributed by atoms with Crippen molar-refractivity contribution in [2.45, 2.75) is 41.0 Å². The summed E-state index contributed by atoms with van der Waals surface area (Å²) in [7, 11) is 0. The lowest BCUT2D eigenvalue weighted by atomic mass is 10.5. The third-order valence-electron chi connectivity index (χ3n) is 0.705. The fraction of sp³-hybridized carbons (Fsp3) is 0.857. The van der Waals surface area contributed by atoms with E-state index in [-0.39, 0.29) is 7.43 Å². The summed E-state index contributed by atoms with van der Waals surface area (Å²) in [4.78, 5) is 0. The summed E-state index contributed by atoms with van der Waals surface area (Å²) < 4.78 is 0. The van der Waals surface area contributed by atoms with Gasteiger partial charge < -0.3 is 0 Å². The second-order valence-corrected chi connectivity index (χ2v) is 1.89. The Balaban J connectivity index is 0. The molecular formula is C7H18N4. The molecule has 0 aromatic carbocycles. The van der Waals surface area contributed by atoms with Gasteiger partial charge in [-0.3, -0.25) is 0 Å². The van der Waals surface area contributed by atoms with Gasteiger partial charge in [0.2, 0.25) is 0 Å². The molecule has 11 heavy (non-hydrogen) atoms. The number of tetrazole rings is 1. The van der Waals surface area contributed by atoms with E-state index in [2.05, 4.69) is 34.5 Å². The highest BCUT2D eigenvalue weighted by atomic mass is 15.5. The molecule has 1 aromatic heterocycles. The fourth-order valence-corrected chi connectivity index (χ4v) is 0.332. The molecule has 0 amide bonds. The van der Waals surface area contributed by atoms with Crippen LogP contribution in [0.2, 0.25) is 0 Å². The van der Waals surface area contributed by atoms with Crippen molar-refractivity contribution < 1.29 is 0 Å². The van der Waals surface area contributed by atoms with Crippen molar-refractivity contribution in [1.29, 1.82) is 0 Å². The van der Waals surface area contributed by atoms with Crippen molar-refractivity contribution in [3.63, 3.8) is 0 Å². The standard InChI is InChI=1S/C3H6N4.C3H8.CH4/c1-2-3-4-6-7-5-3;1-3-2;/h2H2,1H3,(H,4,5,6,7);3H2,1-2H3;1H4. The summed E-state index contributed by atoms with van der Waals surface area (Å²) >= 11 is 0. The number of aryl methyl sites for hydroxylation is 1. The molecule has 0 fully saturated rings. The molecule has 0 aliphatic heterocycles. The largest absolute Gasteiger partial charge is 0.177 e. The number of aromatic nitrogens is 4. The molecule has 0 aliphatic carbocycles. The average molecular weight is 158 g/mol. The third kappa shape index (κ3) is 6.96. The molecule has 4 heteroatoms. The first kappa shape index (κ1) is 12.7. The highest BCUT2D eigenvalue weighted by Crippen LogP contribution is 1.79. The van der Waals surface area contributed by atoms with Gasteiger partial charge in [0.25, 0.3) is 0 Å². The molecule has 0 aliphatic rings. The van der Waals surface area contributed by atoms with Crippen LogP contribution in [0.4, 0.5) is 0 Å². The van der Waals surface area contributed by atoms with Crippen molar-refractivity contribution in [3.8, 4) is 0 Å². The van der Waals surface area contributed by atoms with Gasteiger partial charge in [-0.2, -0.15) is 5.21 Å². The molecule has 1 aromatic rings. The zero-order chi connectivity index (χ0) is 7.82. The van der Waals surface area contributed by atoms with Crippen LogP contribution in [0.5, 0.6) is 0 Å². The third-order valence-corrected chi connectivity index (χ3v) is 0.705. The predicted molar refractivity (Wildman–Crippen MR) is 46.3 cm³/mol. The van der Waals surface area contributed by atoms with Crippen LogP contribution in [0, 0.1) is 0 Å². The Kier molecular flexibility index (Phi) is 10.5. The molecule has 1 N–H and O–H groups in total. The smallest absolute Gasteiger partial charge is 0.174 e. The predicted octanol–water partition coefficient (Wildman–Crippen LogP) is 1.81. The number of hydrogen-bond donors (Lipinski definition) is 1. The SMILES string of the molecule is C.CCC.CCc1nn[nH]n1. The Morgan fingerprint density at radius 3 is 2.00 bits per heavy atom. The van der Waals surface area contributed by atoms with E-state index in [1.807, 2.05) is 6.92 Å². The average Bonchev–Trinajstić information content (AvgIpc) is 2.39. The van der Waals surface area contributed by atoms with Gasteiger partial charge in [-0.05, 0) is 0 Å². The van der Waals surface area contributed by atoms with Crippen LogP contribution in [0.25, 0.3) is 0 Å². The van der Waals surface area contributed by atoms with Crippen molar-refractivity contribution >= 4 is 0 Å². The van der Waals surface area contributed by atoms with Gasteiger partial charge in [0.05, 0.1) is 0 Å². The summed E-state index contributed by atoms with van der Waals surface area (Å²) in [5.41, 5.74) is 0. The monoisotopic (exact) mass is 158 g/mol. The summed E-state index contributed by atoms with van der Waals surface area (Å²) in [6, 6.07) is 0. The molecule has 0 unspecified atom stereocenters. The van der Waals surface area contributed by atoms with Crippen LogP contribution < -0.4 is 0 Å². The lowest BCUT2D eigenvalue weighted by Crippen LogP contribution is -1.80. The van der Waals surface area contributed by atoms with E-state index >= 15 is 0 Å². The maximum atomic E-state index is 3.69. The van der Waals surface area contributed by atoms with E-state index in [9.17, 15) is 0 Å². The number of nitrogens with zero attached hydrogens (tertiary/aromatic N) is 3. The van der Waals surface area contributed by atoms with Gasteiger partial charge in [-0.1, -0.05) is 39.8 Å². The van der Waals surface area contributed by atoms with Crippen LogP contribution in [-0.2, 0) is 6.42 Å². The number of H-pyrrole nitrogens is 1. The van der Waals surface area contributed by atoms with Gasteiger partial charge >= 0.3 is 0 Å². The van der Waals surface area contributed by atoms with Crippen LogP contribution in [0.15, 0.2) is 0 Å². The van der Waals surface area contributed by atoms with E-state index < -0.39 is 0 Å². The first-order valence-corrected chi connectivity index (χ1v) is 3.57. The van der Waals surface area contributed by atoms with Crippen LogP contribution in [-0.4, -0.2) is 20.6 Å². The lowest BCUT2D eigenvalue weighted by Gasteiger charge is -1.72. The fourth-order valence-electron chi connectivity index (χ4n) is 0.332. The Labute approximate surface area is 68.4 Å². The number of rotatable bonds is 1. The van der Waals surface area contributed by atoms with Crippen molar-refractivity contribution in [2.24, 2.45) is 0 Å². The minimum Gasteiger partial charge on any atom is -0.177 e. The second kappa shape index (κ2) is 9.07. The van der Waals surface area contributed by atoms with Gasteiger partial charge in [-0.15, -0.1) is 10.2 Å². The summed E-state index contributed by atoms with van der Waals surface area (Å²) in [5.74, 6) is 0.764. The van der Waals surface area contributed by atoms with Crippen molar-refractivity contribution in [3.05, 3.63) is 5.82 Å². The molecular weight excluding hydrogens is 140 g/mol. The van der Waals surface area contributed by atoms with E-state index in [4.69, 9.17) is 0 Å². The maximum Gasteiger partial charge on any atom is 0.174 e. The molecule has 66 valence electrons. The molecule has 0 radical (unpaired) electrons. The Morgan fingerprint density at radius 1 is 1.27 bits per heavy atom. The van der Waals surface area contributed by atoms with Crippen LogP contribution in [0.3, 0.4) is 0 Å². The molecule has 0 spiro atoms. The van der Waals surface area contributed by atoms with Gasteiger partial charge in [0.15, 0.2) is 5.82 Å². The molecule has 0 saturated heterocycles. The van der Waals surface area contributed by atoms with E-state index in [1.54, 1.807) is 0 Å². The quantitative estimate of drug-likeness (QED) is 0.678. The minimum absolute atomic E-state index is 0. The lowest BCUT2D eigenvalue weighted by molar-refractivity contribution is 0.881. The van der Waals surface area contributed by atoms with Gasteiger partial charge in [0, 0.05) is 6.42 Å². The first-order chi connectivity index (χ1) is 4.85. The molecule has 0 saturated carbocycles. The zero-order valence-electron chi connectivity index (χ0n) is 6.76. The normalized spacial score (nSPS) is 7.55. The molecule has 0 bridgehead atoms. The maximum absolute atomic E-state index is 3.69. The zero-order valence-corrected chi connectivity index (χ0v) is 6.76. The summed E-state index contributed by atoms with van der Waals surface area (Å²) in [6.07, 6.45) is 2.09. The topological polar surface area (TPSA) is 54.5 Å². The molecule has 4 nitrogen and oxygen atoms in total. The minimum atomic E-state index is 0. The number of nitrogens with one attached hydrogen (secondary N) is 1. The van der Waals surface area contributed by atoms with Crippen LogP contribution in [0.1, 0.15) is 40.4 Å². The van der Waals surface area contributed by atoms with E-state index in [0.29, 0.717) is 0 Å². The molecule has 1 rings (SSSR count). The van der Waals surface area contributed by atoms with Gasteiger partial charge in [-0.25, -0.2) is 0 Å². The highest BCUT2D eigenvalue weighted by molar-refractivity contribution is 4.71. The Hall–Kier alpha value is -0.930. The number of aromatic amines is 1. The summed E-state index contributed by atoms with van der Waals surface area (Å²) in [5, 5.41) is 13.1. The summed E-state index contributed by atoms with van der Waals surface area (Å²) in [6.45, 7) is 6.23. The first-order valence-electron chi connectivity index (χ1n) is 3.57. The Bertz CT molecular complexity index is 136. The number of hydrogen-bond acceptors (Lipinski definition) is 3. The molecule has 0 atom stereocenters. The van der Waals surface area contributed by atoms with Gasteiger partial charge in [0.1, 0.15) is 0 Å². The van der Waals surface area contributed by atoms with Crippen molar-refractivity contribution in [1.82, 2.24) is 20.6 Å². The highest BCUT2D eigenvalue weighted by Gasteiger charge is 1.87. The van der Waals surface area contributed by atoms with Crippen LogP contribution >= 0.6 is 0 Å². The second-order valence-electron chi connectivity index (χ2n) is 1.89. The molecule has 1 heterocycles. The van der Waals surface area contributed by atoms with E-state index in [0.717, 1.165) is 12.2 Å².